The van der Waals surface area contributed by atoms with Gasteiger partial charge in [0.2, 0.25) is 0 Å². The quantitative estimate of drug-likeness (QED) is 0.874. The highest BCUT2D eigenvalue weighted by Gasteiger charge is 2.26. The average molecular weight is 303 g/mol. The summed E-state index contributed by atoms with van der Waals surface area (Å²) in [6.07, 6.45) is 2.28. The van der Waals surface area contributed by atoms with Gasteiger partial charge in [-0.05, 0) is 37.8 Å². The highest BCUT2D eigenvalue weighted by molar-refractivity contribution is 5.70. The summed E-state index contributed by atoms with van der Waals surface area (Å²) in [5, 5.41) is 11.9. The summed E-state index contributed by atoms with van der Waals surface area (Å²) in [5.74, 6) is -2.07. The first kappa shape index (κ1) is 15.5. The Morgan fingerprint density at radius 2 is 1.95 bits per heavy atom. The van der Waals surface area contributed by atoms with Gasteiger partial charge in [0.15, 0.2) is 5.75 Å². The molecule has 0 aromatic heterocycles. The van der Waals surface area contributed by atoms with Gasteiger partial charge in [-0.1, -0.05) is 0 Å². The van der Waals surface area contributed by atoms with Crippen LogP contribution in [0.1, 0.15) is 25.7 Å². The van der Waals surface area contributed by atoms with Gasteiger partial charge >= 0.3 is 12.6 Å². The number of aliphatic carboxylic acids is 1. The van der Waals surface area contributed by atoms with Crippen molar-refractivity contribution >= 4 is 11.7 Å². The van der Waals surface area contributed by atoms with Crippen LogP contribution in [0.5, 0.6) is 5.75 Å². The fraction of sp³-hybridized carbons (Fsp3) is 0.500. The first-order chi connectivity index (χ1) is 9.95. The van der Waals surface area contributed by atoms with Crippen molar-refractivity contribution in [1.82, 2.24) is 0 Å². The minimum Gasteiger partial charge on any atom is -0.481 e. The minimum atomic E-state index is -3.03. The van der Waals surface area contributed by atoms with Crippen LogP contribution in [0.25, 0.3) is 0 Å². The predicted octanol–water partition coefficient (Wildman–Crippen LogP) is 3.48. The summed E-state index contributed by atoms with van der Waals surface area (Å²) in [5.41, 5.74) is 0.287. The van der Waals surface area contributed by atoms with Crippen molar-refractivity contribution in [3.8, 4) is 5.75 Å². The molecule has 0 heterocycles. The Balaban J connectivity index is 2.01. The van der Waals surface area contributed by atoms with Crippen LogP contribution in [0.4, 0.5) is 18.9 Å². The summed E-state index contributed by atoms with van der Waals surface area (Å²) in [6.45, 7) is -3.03. The van der Waals surface area contributed by atoms with Gasteiger partial charge in [-0.15, -0.1) is 0 Å². The van der Waals surface area contributed by atoms with Crippen LogP contribution in [0.15, 0.2) is 18.2 Å². The number of benzene rings is 1. The van der Waals surface area contributed by atoms with E-state index in [0.29, 0.717) is 25.7 Å². The number of hydrogen-bond donors (Lipinski definition) is 2. The van der Waals surface area contributed by atoms with E-state index in [1.165, 1.54) is 6.07 Å². The summed E-state index contributed by atoms with van der Waals surface area (Å²) < 4.78 is 42.0. The molecular formula is C14H16F3NO3. The Morgan fingerprint density at radius 3 is 2.52 bits per heavy atom. The summed E-state index contributed by atoms with van der Waals surface area (Å²) in [4.78, 5) is 10.9. The molecule has 0 aliphatic heterocycles. The lowest BCUT2D eigenvalue weighted by Crippen LogP contribution is -2.29. The van der Waals surface area contributed by atoms with E-state index in [1.54, 1.807) is 0 Å². The fourth-order valence-electron chi connectivity index (χ4n) is 2.51. The van der Waals surface area contributed by atoms with E-state index in [4.69, 9.17) is 5.11 Å². The topological polar surface area (TPSA) is 58.6 Å². The molecule has 1 aromatic carbocycles. The second kappa shape index (κ2) is 6.69. The molecule has 2 rings (SSSR count). The second-order valence-electron chi connectivity index (χ2n) is 5.05. The molecule has 1 aromatic rings. The minimum absolute atomic E-state index is 0.0360. The van der Waals surface area contributed by atoms with Gasteiger partial charge in [-0.3, -0.25) is 4.79 Å². The Morgan fingerprint density at radius 1 is 1.29 bits per heavy atom. The maximum atomic E-state index is 13.1. The molecule has 7 heteroatoms. The van der Waals surface area contributed by atoms with E-state index in [2.05, 4.69) is 10.1 Å². The smallest absolute Gasteiger partial charge is 0.387 e. The summed E-state index contributed by atoms with van der Waals surface area (Å²) in [6, 6.07) is 3.36. The van der Waals surface area contributed by atoms with E-state index in [1.807, 2.05) is 0 Å². The molecule has 21 heavy (non-hydrogen) atoms. The molecule has 0 atom stereocenters. The van der Waals surface area contributed by atoms with Crippen LogP contribution in [0, 0.1) is 11.7 Å². The lowest BCUT2D eigenvalue weighted by atomic mass is 9.86. The molecule has 2 N–H and O–H groups in total. The lowest BCUT2D eigenvalue weighted by molar-refractivity contribution is -0.142. The number of rotatable bonds is 5. The molecule has 1 aliphatic carbocycles. The normalized spacial score (nSPS) is 22.1. The first-order valence-corrected chi connectivity index (χ1v) is 6.69. The molecule has 116 valence electrons. The van der Waals surface area contributed by atoms with Crippen molar-refractivity contribution in [1.29, 1.82) is 0 Å². The van der Waals surface area contributed by atoms with Gasteiger partial charge in [0.05, 0.1) is 11.6 Å². The molecule has 1 aliphatic rings. The zero-order chi connectivity index (χ0) is 15.4. The van der Waals surface area contributed by atoms with E-state index < -0.39 is 18.4 Å². The third-order valence-corrected chi connectivity index (χ3v) is 3.60. The number of carboxylic acid groups (broad SMARTS) is 1. The molecular weight excluding hydrogens is 287 g/mol. The molecule has 0 saturated heterocycles. The van der Waals surface area contributed by atoms with E-state index in [9.17, 15) is 18.0 Å². The second-order valence-corrected chi connectivity index (χ2v) is 5.05. The van der Waals surface area contributed by atoms with Crippen LogP contribution < -0.4 is 10.1 Å². The molecule has 4 nitrogen and oxygen atoms in total. The first-order valence-electron chi connectivity index (χ1n) is 6.69. The van der Waals surface area contributed by atoms with Crippen molar-refractivity contribution in [3.05, 3.63) is 24.0 Å². The monoisotopic (exact) mass is 303 g/mol. The van der Waals surface area contributed by atoms with Crippen molar-refractivity contribution in [2.24, 2.45) is 5.92 Å². The average Bonchev–Trinajstić information content (AvgIpc) is 2.42. The van der Waals surface area contributed by atoms with Gasteiger partial charge < -0.3 is 15.2 Å². The molecule has 1 fully saturated rings. The van der Waals surface area contributed by atoms with Crippen molar-refractivity contribution in [3.63, 3.8) is 0 Å². The maximum absolute atomic E-state index is 13.1. The Hall–Kier alpha value is -1.92. The molecule has 0 radical (unpaired) electrons. The highest BCUT2D eigenvalue weighted by atomic mass is 19.3. The van der Waals surface area contributed by atoms with Crippen molar-refractivity contribution < 1.29 is 27.8 Å². The van der Waals surface area contributed by atoms with Crippen molar-refractivity contribution in [2.45, 2.75) is 38.3 Å². The lowest BCUT2D eigenvalue weighted by Gasteiger charge is -2.28. The van der Waals surface area contributed by atoms with E-state index in [-0.39, 0.29) is 23.4 Å². The highest BCUT2D eigenvalue weighted by Crippen LogP contribution is 2.32. The SMILES string of the molecule is O=C(O)C1CCC(Nc2ccc(F)cc2OC(F)F)CC1. The molecule has 1 saturated carbocycles. The molecule has 0 unspecified atom stereocenters. The van der Waals surface area contributed by atoms with Gasteiger partial charge in [0.25, 0.3) is 0 Å². The van der Waals surface area contributed by atoms with Crippen LogP contribution in [-0.2, 0) is 4.79 Å². The zero-order valence-corrected chi connectivity index (χ0v) is 11.2. The van der Waals surface area contributed by atoms with Gasteiger partial charge in [0, 0.05) is 12.1 Å². The number of alkyl halides is 2. The summed E-state index contributed by atoms with van der Waals surface area (Å²) >= 11 is 0. The van der Waals surface area contributed by atoms with Gasteiger partial charge in [-0.2, -0.15) is 8.78 Å². The van der Waals surface area contributed by atoms with E-state index >= 15 is 0 Å². The summed E-state index contributed by atoms with van der Waals surface area (Å²) in [7, 11) is 0. The number of carboxylic acids is 1. The van der Waals surface area contributed by atoms with Crippen LogP contribution in [0.2, 0.25) is 0 Å². The van der Waals surface area contributed by atoms with E-state index in [0.717, 1.165) is 12.1 Å². The van der Waals surface area contributed by atoms with Crippen LogP contribution >= 0.6 is 0 Å². The number of ether oxygens (including phenoxy) is 1. The Kier molecular flexibility index (Phi) is 4.93. The van der Waals surface area contributed by atoms with Crippen LogP contribution in [-0.4, -0.2) is 23.7 Å². The molecule has 0 bridgehead atoms. The van der Waals surface area contributed by atoms with Crippen molar-refractivity contribution in [2.75, 3.05) is 5.32 Å². The Labute approximate surface area is 119 Å². The molecule has 0 spiro atoms. The third-order valence-electron chi connectivity index (χ3n) is 3.60. The maximum Gasteiger partial charge on any atom is 0.387 e. The Bertz CT molecular complexity index is 502. The number of halogens is 3. The number of anilines is 1. The fourth-order valence-corrected chi connectivity index (χ4v) is 2.51. The largest absolute Gasteiger partial charge is 0.481 e. The predicted molar refractivity (Wildman–Crippen MR) is 70.0 cm³/mol. The third kappa shape index (κ3) is 4.27. The van der Waals surface area contributed by atoms with Gasteiger partial charge in [-0.25, -0.2) is 4.39 Å². The standard InChI is InChI=1S/C14H16F3NO3/c15-9-3-6-11(12(7-9)21-14(16)17)18-10-4-1-8(2-5-10)13(19)20/h3,6-8,10,14,18H,1-2,4-5H2,(H,19,20). The zero-order valence-electron chi connectivity index (χ0n) is 11.2. The van der Waals surface area contributed by atoms with Gasteiger partial charge in [0.1, 0.15) is 5.82 Å². The van der Waals surface area contributed by atoms with Crippen LogP contribution in [0.3, 0.4) is 0 Å². The number of nitrogens with one attached hydrogen (secondary N) is 1. The number of carbonyl (C=O) groups is 1. The molecule has 0 amide bonds. The number of hydrogen-bond acceptors (Lipinski definition) is 3.